The molecule has 0 saturated heterocycles. The second-order valence-electron chi connectivity index (χ2n) is 16.0. The summed E-state index contributed by atoms with van der Waals surface area (Å²) < 4.78 is 34.3. The van der Waals surface area contributed by atoms with Crippen molar-refractivity contribution in [2.24, 2.45) is 0 Å². The van der Waals surface area contributed by atoms with E-state index in [0.29, 0.717) is 23.9 Å². The Balaban J connectivity index is 4.41. The van der Waals surface area contributed by atoms with Crippen LogP contribution in [0.25, 0.3) is 0 Å². The number of hydrogen-bond acceptors (Lipinski definition) is 7. The highest BCUT2D eigenvalue weighted by Gasteiger charge is 2.27. The molecule has 0 saturated carbocycles. The average Bonchev–Trinajstić information content (AvgIpc) is 3.20. The molecule has 0 bridgehead atoms. The van der Waals surface area contributed by atoms with E-state index in [1.807, 2.05) is 21.1 Å². The number of allylic oxidation sites excluding steroid dienone is 16. The first-order valence-electron chi connectivity index (χ1n) is 23.0. The van der Waals surface area contributed by atoms with Gasteiger partial charge >= 0.3 is 19.8 Å². The Morgan fingerprint density at radius 1 is 0.517 bits per heavy atom. The van der Waals surface area contributed by atoms with Crippen LogP contribution in [0.1, 0.15) is 155 Å². The topological polar surface area (TPSA) is 108 Å². The van der Waals surface area contributed by atoms with Crippen molar-refractivity contribution in [3.63, 3.8) is 0 Å². The number of quaternary nitrogens is 1. The van der Waals surface area contributed by atoms with Gasteiger partial charge in [-0.2, -0.15) is 0 Å². The smallest absolute Gasteiger partial charge is 0.462 e. The Bertz CT molecular complexity index is 1340. The number of carbonyl (C=O) groups is 2. The van der Waals surface area contributed by atoms with E-state index >= 15 is 0 Å². The third kappa shape index (κ3) is 44.5. The largest absolute Gasteiger partial charge is 0.472 e. The minimum absolute atomic E-state index is 0.0186. The lowest BCUT2D eigenvalue weighted by atomic mass is 10.1. The van der Waals surface area contributed by atoms with E-state index < -0.39 is 32.5 Å². The Morgan fingerprint density at radius 3 is 1.33 bits per heavy atom. The number of unbranched alkanes of at least 4 members (excludes halogenated alkanes) is 10. The summed E-state index contributed by atoms with van der Waals surface area (Å²) in [5.41, 5.74) is 0. The van der Waals surface area contributed by atoms with E-state index in [0.717, 1.165) is 116 Å². The van der Waals surface area contributed by atoms with Crippen molar-refractivity contribution in [1.82, 2.24) is 0 Å². The lowest BCUT2D eigenvalue weighted by Crippen LogP contribution is -2.37. The Hall–Kier alpha value is -3.07. The van der Waals surface area contributed by atoms with E-state index in [1.54, 1.807) is 0 Å². The Labute approximate surface area is 366 Å². The predicted molar refractivity (Wildman–Crippen MR) is 252 cm³/mol. The third-order valence-electron chi connectivity index (χ3n) is 9.11. The van der Waals surface area contributed by atoms with Crippen LogP contribution in [0.4, 0.5) is 0 Å². The lowest BCUT2D eigenvalue weighted by Gasteiger charge is -2.24. The van der Waals surface area contributed by atoms with Crippen LogP contribution in [0, 0.1) is 0 Å². The zero-order chi connectivity index (χ0) is 44.3. The number of ether oxygens (including phenoxy) is 2. The predicted octanol–water partition coefficient (Wildman–Crippen LogP) is 13.4. The van der Waals surface area contributed by atoms with Crippen LogP contribution in [-0.4, -0.2) is 74.9 Å². The maximum absolute atomic E-state index is 12.7. The molecule has 60 heavy (non-hydrogen) atoms. The van der Waals surface area contributed by atoms with Crippen molar-refractivity contribution in [2.45, 2.75) is 161 Å². The number of phosphoric ester groups is 1. The molecule has 0 heterocycles. The van der Waals surface area contributed by atoms with E-state index in [1.165, 1.54) is 0 Å². The molecule has 0 aromatic heterocycles. The normalized spacial score (nSPS) is 14.4. The highest BCUT2D eigenvalue weighted by Crippen LogP contribution is 2.43. The maximum Gasteiger partial charge on any atom is 0.472 e. The van der Waals surface area contributed by atoms with Crippen molar-refractivity contribution < 1.29 is 42.1 Å². The first kappa shape index (κ1) is 56.9. The number of carbonyl (C=O) groups excluding carboxylic acids is 2. The molecule has 1 N–H and O–H groups in total. The monoisotopic (exact) mass is 859 g/mol. The van der Waals surface area contributed by atoms with Crippen molar-refractivity contribution in [1.29, 1.82) is 0 Å². The number of nitrogens with zero attached hydrogens (tertiary/aromatic N) is 1. The number of rotatable bonds is 40. The Morgan fingerprint density at radius 2 is 0.900 bits per heavy atom. The molecule has 0 aromatic rings. The van der Waals surface area contributed by atoms with Crippen LogP contribution in [-0.2, 0) is 32.7 Å². The van der Waals surface area contributed by atoms with Gasteiger partial charge in [0.25, 0.3) is 0 Å². The van der Waals surface area contributed by atoms with Crippen LogP contribution >= 0.6 is 7.82 Å². The third-order valence-corrected chi connectivity index (χ3v) is 10.1. The first-order valence-corrected chi connectivity index (χ1v) is 24.5. The average molecular weight is 859 g/mol. The van der Waals surface area contributed by atoms with Gasteiger partial charge in [0.15, 0.2) is 6.10 Å². The van der Waals surface area contributed by atoms with Crippen LogP contribution in [0.3, 0.4) is 0 Å². The fourth-order valence-electron chi connectivity index (χ4n) is 5.58. The van der Waals surface area contributed by atoms with Crippen LogP contribution < -0.4 is 0 Å². The van der Waals surface area contributed by atoms with Gasteiger partial charge in [-0.3, -0.25) is 18.6 Å². The lowest BCUT2D eigenvalue weighted by molar-refractivity contribution is -0.870. The SMILES string of the molecule is CC/C=C\C/C=C\C/C=C\C/C=C\C/C=C\CCCCCCCC(=O)OC(COC(=O)CCCCCCC/C=C\C/C=C\C/C=C\CC)COP(=O)(O)OCC[N+](C)(C)C. The molecule has 0 fully saturated rings. The summed E-state index contributed by atoms with van der Waals surface area (Å²) in [4.78, 5) is 35.4. The molecule has 0 rings (SSSR count). The fraction of sp³-hybridized carbons (Fsp3) is 0.640. The van der Waals surface area contributed by atoms with Crippen LogP contribution in [0.5, 0.6) is 0 Å². The molecule has 0 amide bonds. The summed E-state index contributed by atoms with van der Waals surface area (Å²) >= 11 is 0. The van der Waals surface area contributed by atoms with E-state index in [9.17, 15) is 19.0 Å². The quantitative estimate of drug-likeness (QED) is 0.0213. The van der Waals surface area contributed by atoms with Gasteiger partial charge in [0, 0.05) is 12.8 Å². The van der Waals surface area contributed by atoms with Gasteiger partial charge < -0.3 is 18.9 Å². The standard InChI is InChI=1S/C50H84NO8P/c1-6-8-10-12-14-16-18-20-22-23-24-25-26-27-29-31-33-35-37-39-41-43-50(53)59-48(47-58-60(54,55)57-45-44-51(3,4)5)46-56-49(52)42-40-38-36-34-32-30-28-21-19-17-15-13-11-9-7-2/h8-11,14-17,20-22,24-25,27-29,48H,6-7,12-13,18-19,23,26,30-47H2,1-5H3/p+1/b10-8-,11-9-,16-14-,17-15-,22-20-,25-24-,28-21-,29-27-. The molecule has 2 atom stereocenters. The summed E-state index contributed by atoms with van der Waals surface area (Å²) in [6.45, 7) is 4.13. The fourth-order valence-corrected chi connectivity index (χ4v) is 6.32. The number of hydrogen-bond donors (Lipinski definition) is 1. The van der Waals surface area contributed by atoms with Crippen molar-refractivity contribution in [3.8, 4) is 0 Å². The second kappa shape index (κ2) is 41.3. The van der Waals surface area contributed by atoms with E-state index in [4.69, 9.17) is 18.5 Å². The van der Waals surface area contributed by atoms with E-state index in [-0.39, 0.29) is 26.1 Å². The van der Waals surface area contributed by atoms with Gasteiger partial charge in [0.2, 0.25) is 0 Å². The molecule has 0 aliphatic carbocycles. The maximum atomic E-state index is 12.7. The Kier molecular flexibility index (Phi) is 39.2. The van der Waals surface area contributed by atoms with Gasteiger partial charge in [-0.05, 0) is 89.9 Å². The molecule has 2 unspecified atom stereocenters. The van der Waals surface area contributed by atoms with Gasteiger partial charge in [-0.15, -0.1) is 0 Å². The van der Waals surface area contributed by atoms with Crippen LogP contribution in [0.15, 0.2) is 97.2 Å². The van der Waals surface area contributed by atoms with E-state index in [2.05, 4.69) is 111 Å². The second-order valence-corrected chi connectivity index (χ2v) is 17.5. The van der Waals surface area contributed by atoms with Gasteiger partial charge in [0.1, 0.15) is 19.8 Å². The zero-order valence-electron chi connectivity index (χ0n) is 38.4. The molecule has 0 radical (unpaired) electrons. The molecule has 0 aliphatic heterocycles. The number of likely N-dealkylation sites (N-methyl/N-ethyl adjacent to an activating group) is 1. The minimum Gasteiger partial charge on any atom is -0.462 e. The highest BCUT2D eigenvalue weighted by molar-refractivity contribution is 7.47. The summed E-state index contributed by atoms with van der Waals surface area (Å²) in [5.74, 6) is -0.850. The van der Waals surface area contributed by atoms with Gasteiger partial charge in [0.05, 0.1) is 27.7 Å². The van der Waals surface area contributed by atoms with Gasteiger partial charge in [-0.25, -0.2) is 4.57 Å². The molecule has 10 heteroatoms. The summed E-state index contributed by atoms with van der Waals surface area (Å²) in [7, 11) is 1.43. The van der Waals surface area contributed by atoms with Gasteiger partial charge in [-0.1, -0.05) is 150 Å². The molecule has 0 aliphatic rings. The zero-order valence-corrected chi connectivity index (χ0v) is 39.3. The molecule has 0 spiro atoms. The molecular weight excluding hydrogens is 774 g/mol. The van der Waals surface area contributed by atoms with Crippen molar-refractivity contribution in [2.75, 3.05) is 47.5 Å². The molecular formula is C50H85NO8P+. The number of phosphoric acid groups is 1. The highest BCUT2D eigenvalue weighted by atomic mass is 31.2. The van der Waals surface area contributed by atoms with Crippen LogP contribution in [0.2, 0.25) is 0 Å². The summed E-state index contributed by atoms with van der Waals surface area (Å²) in [5, 5.41) is 0. The molecule has 342 valence electrons. The van der Waals surface area contributed by atoms with Crippen molar-refractivity contribution >= 4 is 19.8 Å². The summed E-state index contributed by atoms with van der Waals surface area (Å²) in [6, 6.07) is 0. The molecule has 9 nitrogen and oxygen atoms in total. The number of esters is 2. The molecule has 0 aromatic carbocycles. The minimum atomic E-state index is -4.39. The summed E-state index contributed by atoms with van der Waals surface area (Å²) in [6.07, 6.45) is 54.5. The van der Waals surface area contributed by atoms with Crippen molar-refractivity contribution in [3.05, 3.63) is 97.2 Å². The first-order chi connectivity index (χ1) is 29.0.